The molecule has 0 amide bonds. The van der Waals surface area contributed by atoms with Gasteiger partial charge in [-0.05, 0) is 18.6 Å². The number of benzene rings is 1. The first-order valence-electron chi connectivity index (χ1n) is 3.02. The molecule has 0 aliphatic rings. The number of hydrogen-bond acceptors (Lipinski definition) is 3. The third-order valence-electron chi connectivity index (χ3n) is 1.39. The van der Waals surface area contributed by atoms with E-state index < -0.39 is 11.1 Å². The topological polar surface area (TPSA) is 92.5 Å². The van der Waals surface area contributed by atoms with Crippen LogP contribution in [0.4, 0.5) is 0 Å². The van der Waals surface area contributed by atoms with Crippen molar-refractivity contribution in [3.63, 3.8) is 0 Å². The maximum absolute atomic E-state index is 10.5. The van der Waals surface area contributed by atoms with Gasteiger partial charge in [-0.25, -0.2) is 4.21 Å². The lowest BCUT2D eigenvalue weighted by Crippen LogP contribution is -1.89. The van der Waals surface area contributed by atoms with Gasteiger partial charge in [0.25, 0.3) is 0 Å². The molecular weight excluding hydrogens is 178 g/mol. The van der Waals surface area contributed by atoms with Crippen LogP contribution in [0, 0.1) is 6.92 Å². The largest absolute Gasteiger partial charge is 0.506 e. The summed E-state index contributed by atoms with van der Waals surface area (Å²) in [5, 5.41) is 9.21. The quantitative estimate of drug-likeness (QED) is 0.583. The number of phenols is 1. The smallest absolute Gasteiger partial charge is 0.190 e. The van der Waals surface area contributed by atoms with Gasteiger partial charge in [0, 0.05) is 0 Å². The van der Waals surface area contributed by atoms with E-state index in [-0.39, 0.29) is 16.8 Å². The Kier molecular flexibility index (Phi) is 3.88. The van der Waals surface area contributed by atoms with Crippen molar-refractivity contribution in [3.05, 3.63) is 23.8 Å². The van der Waals surface area contributed by atoms with Crippen molar-refractivity contribution in [1.82, 2.24) is 6.15 Å². The second-order valence-electron chi connectivity index (χ2n) is 2.17. The molecule has 1 rings (SSSR count). The van der Waals surface area contributed by atoms with Crippen molar-refractivity contribution in [2.45, 2.75) is 11.8 Å². The molecule has 0 bridgehead atoms. The SMILES string of the molecule is Cc1cccc(S(=O)O)c1O.N. The predicted octanol–water partition coefficient (Wildman–Crippen LogP) is 1.44. The Morgan fingerprint density at radius 3 is 2.42 bits per heavy atom. The molecule has 0 spiro atoms. The molecular formula is C7H11NO3S. The maximum atomic E-state index is 10.5. The van der Waals surface area contributed by atoms with E-state index >= 15 is 0 Å². The summed E-state index contributed by atoms with van der Waals surface area (Å²) >= 11 is -2.10. The Morgan fingerprint density at radius 1 is 1.42 bits per heavy atom. The zero-order chi connectivity index (χ0) is 8.43. The number of aromatic hydroxyl groups is 1. The number of hydrogen-bond donors (Lipinski definition) is 3. The van der Waals surface area contributed by atoms with Crippen LogP contribution in [0.15, 0.2) is 23.1 Å². The fourth-order valence-corrected chi connectivity index (χ4v) is 1.29. The summed E-state index contributed by atoms with van der Waals surface area (Å²) in [6.45, 7) is 1.67. The average molecular weight is 189 g/mol. The summed E-state index contributed by atoms with van der Waals surface area (Å²) in [7, 11) is 0. The molecule has 0 aliphatic carbocycles. The lowest BCUT2D eigenvalue weighted by Gasteiger charge is -2.01. The van der Waals surface area contributed by atoms with Gasteiger partial charge in [-0.2, -0.15) is 0 Å². The van der Waals surface area contributed by atoms with Crippen LogP contribution in [0.1, 0.15) is 5.56 Å². The average Bonchev–Trinajstić information content (AvgIpc) is 1.94. The fraction of sp³-hybridized carbons (Fsp3) is 0.143. The summed E-state index contributed by atoms with van der Waals surface area (Å²) in [5.41, 5.74) is 0.602. The van der Waals surface area contributed by atoms with Crippen molar-refractivity contribution in [2.24, 2.45) is 0 Å². The van der Waals surface area contributed by atoms with E-state index in [0.717, 1.165) is 0 Å². The van der Waals surface area contributed by atoms with Gasteiger partial charge in [0.2, 0.25) is 0 Å². The summed E-state index contributed by atoms with van der Waals surface area (Å²) < 4.78 is 19.2. The molecule has 0 fully saturated rings. The summed E-state index contributed by atoms with van der Waals surface area (Å²) in [6.07, 6.45) is 0. The maximum Gasteiger partial charge on any atom is 0.190 e. The Morgan fingerprint density at radius 2 is 2.00 bits per heavy atom. The van der Waals surface area contributed by atoms with Gasteiger partial charge in [-0.1, -0.05) is 12.1 Å². The Labute approximate surface area is 73.1 Å². The van der Waals surface area contributed by atoms with Crippen LogP contribution in [-0.4, -0.2) is 13.9 Å². The third kappa shape index (κ3) is 2.04. The van der Waals surface area contributed by atoms with Crippen LogP contribution >= 0.6 is 0 Å². The van der Waals surface area contributed by atoms with Crippen molar-refractivity contribution in [2.75, 3.05) is 0 Å². The van der Waals surface area contributed by atoms with Crippen molar-refractivity contribution in [1.29, 1.82) is 0 Å². The molecule has 0 aromatic heterocycles. The molecule has 0 aliphatic heterocycles. The molecule has 5 heteroatoms. The van der Waals surface area contributed by atoms with Gasteiger partial charge < -0.3 is 15.8 Å². The van der Waals surface area contributed by atoms with Crippen molar-refractivity contribution in [3.8, 4) is 5.75 Å². The van der Waals surface area contributed by atoms with E-state index in [1.807, 2.05) is 0 Å². The van der Waals surface area contributed by atoms with Crippen molar-refractivity contribution < 1.29 is 13.9 Å². The molecule has 12 heavy (non-hydrogen) atoms. The minimum Gasteiger partial charge on any atom is -0.506 e. The van der Waals surface area contributed by atoms with E-state index in [4.69, 9.17) is 4.55 Å². The Balaban J connectivity index is 0.00000121. The van der Waals surface area contributed by atoms with Gasteiger partial charge >= 0.3 is 0 Å². The first kappa shape index (κ1) is 11.1. The predicted molar refractivity (Wildman–Crippen MR) is 46.9 cm³/mol. The minimum absolute atomic E-state index is 0. The lowest BCUT2D eigenvalue weighted by atomic mass is 10.2. The van der Waals surface area contributed by atoms with Crippen molar-refractivity contribution >= 4 is 11.1 Å². The minimum atomic E-state index is -2.10. The van der Waals surface area contributed by atoms with Crippen LogP contribution in [0.2, 0.25) is 0 Å². The Bertz CT molecular complexity index is 301. The first-order valence-corrected chi connectivity index (χ1v) is 4.13. The normalized spacial score (nSPS) is 11.8. The second kappa shape index (κ2) is 4.20. The molecule has 5 N–H and O–H groups in total. The van der Waals surface area contributed by atoms with E-state index in [1.165, 1.54) is 6.07 Å². The number of rotatable bonds is 1. The number of phenolic OH excluding ortho intramolecular Hbond substituents is 1. The van der Waals surface area contributed by atoms with E-state index in [1.54, 1.807) is 19.1 Å². The highest BCUT2D eigenvalue weighted by atomic mass is 32.2. The molecule has 1 atom stereocenters. The summed E-state index contributed by atoms with van der Waals surface area (Å²) in [6, 6.07) is 4.71. The second-order valence-corrected chi connectivity index (χ2v) is 3.11. The lowest BCUT2D eigenvalue weighted by molar-refractivity contribution is 0.452. The highest BCUT2D eigenvalue weighted by Crippen LogP contribution is 2.23. The summed E-state index contributed by atoms with van der Waals surface area (Å²) in [5.74, 6) is -0.103. The van der Waals surface area contributed by atoms with E-state index in [9.17, 15) is 9.32 Å². The zero-order valence-corrected chi connectivity index (χ0v) is 7.47. The highest BCUT2D eigenvalue weighted by molar-refractivity contribution is 7.79. The van der Waals surface area contributed by atoms with Crippen LogP contribution in [-0.2, 0) is 11.1 Å². The molecule has 0 radical (unpaired) electrons. The monoisotopic (exact) mass is 189 g/mol. The van der Waals surface area contributed by atoms with Crippen LogP contribution in [0.25, 0.3) is 0 Å². The van der Waals surface area contributed by atoms with Gasteiger partial charge in [-0.15, -0.1) is 0 Å². The molecule has 0 heterocycles. The Hall–Kier alpha value is -0.910. The molecule has 0 saturated carbocycles. The number of para-hydroxylation sites is 1. The van der Waals surface area contributed by atoms with Gasteiger partial charge in [-0.3, -0.25) is 0 Å². The third-order valence-corrected chi connectivity index (χ3v) is 2.09. The molecule has 4 nitrogen and oxygen atoms in total. The number of aryl methyl sites for hydroxylation is 1. The molecule has 0 saturated heterocycles. The fourth-order valence-electron chi connectivity index (χ4n) is 0.773. The standard InChI is InChI=1S/C7H8O3S.H3N/c1-5-3-2-4-6(7(5)8)11(9)10;/h2-4,8H,1H3,(H,9,10);1H3. The van der Waals surface area contributed by atoms with E-state index in [0.29, 0.717) is 5.56 Å². The van der Waals surface area contributed by atoms with Crippen LogP contribution in [0.3, 0.4) is 0 Å². The molecule has 1 aromatic carbocycles. The molecule has 1 unspecified atom stereocenters. The molecule has 68 valence electrons. The molecule has 1 aromatic rings. The zero-order valence-electron chi connectivity index (χ0n) is 6.65. The van der Waals surface area contributed by atoms with Gasteiger partial charge in [0.1, 0.15) is 10.6 Å². The van der Waals surface area contributed by atoms with Crippen LogP contribution < -0.4 is 6.15 Å². The highest BCUT2D eigenvalue weighted by Gasteiger charge is 2.07. The first-order chi connectivity index (χ1) is 5.13. The van der Waals surface area contributed by atoms with Crippen LogP contribution in [0.5, 0.6) is 5.75 Å². The van der Waals surface area contributed by atoms with Gasteiger partial charge in [0.05, 0.1) is 0 Å². The summed E-state index contributed by atoms with van der Waals surface area (Å²) in [4.78, 5) is 0.0602. The van der Waals surface area contributed by atoms with E-state index in [2.05, 4.69) is 0 Å². The van der Waals surface area contributed by atoms with Gasteiger partial charge in [0.15, 0.2) is 11.1 Å².